The van der Waals surface area contributed by atoms with Crippen LogP contribution in [0.5, 0.6) is 0 Å². The summed E-state index contributed by atoms with van der Waals surface area (Å²) < 4.78 is 8.03. The summed E-state index contributed by atoms with van der Waals surface area (Å²) in [7, 11) is 1.96. The molecular weight excluding hydrogens is 426 g/mol. The molecule has 3 heterocycles. The largest absolute Gasteiger partial charge is 0.379 e. The molecule has 3 aromatic rings. The minimum absolute atomic E-state index is 0.164. The minimum Gasteiger partial charge on any atom is -0.379 e. The van der Waals surface area contributed by atoms with E-state index in [1.54, 1.807) is 11.3 Å². The maximum atomic E-state index is 12.8. The van der Waals surface area contributed by atoms with Crippen LogP contribution in [0.1, 0.15) is 20.8 Å². The fraction of sp³-hybridized carbons (Fsp3) is 0.333. The summed E-state index contributed by atoms with van der Waals surface area (Å²) in [5, 5.41) is 4.60. The second-order valence-electron chi connectivity index (χ2n) is 7.11. The zero-order valence-corrected chi connectivity index (χ0v) is 18.5. The third-order valence-electron chi connectivity index (χ3n) is 4.99. The number of hydrogen-bond donors (Lipinski definition) is 1. The van der Waals surface area contributed by atoms with Gasteiger partial charge in [0, 0.05) is 54.7 Å². The van der Waals surface area contributed by atoms with Crippen molar-refractivity contribution in [2.45, 2.75) is 13.1 Å². The first-order chi connectivity index (χ1) is 14.0. The molecule has 2 aromatic heterocycles. The van der Waals surface area contributed by atoms with Crippen LogP contribution in [-0.4, -0.2) is 41.7 Å². The van der Waals surface area contributed by atoms with Crippen molar-refractivity contribution in [2.24, 2.45) is 7.05 Å². The van der Waals surface area contributed by atoms with Crippen molar-refractivity contribution < 1.29 is 9.53 Å². The van der Waals surface area contributed by atoms with Gasteiger partial charge in [-0.25, -0.2) is 0 Å². The Kier molecular flexibility index (Phi) is 6.32. The van der Waals surface area contributed by atoms with Gasteiger partial charge in [0.25, 0.3) is 5.91 Å². The number of amides is 1. The Balaban J connectivity index is 1.54. The fourth-order valence-electron chi connectivity index (χ4n) is 3.41. The monoisotopic (exact) mass is 447 g/mol. The summed E-state index contributed by atoms with van der Waals surface area (Å²) in [6, 6.07) is 9.56. The summed E-state index contributed by atoms with van der Waals surface area (Å²) in [6.07, 6.45) is 1.83. The number of rotatable bonds is 5. The minimum atomic E-state index is -0.164. The molecule has 0 unspecified atom stereocenters. The molecule has 8 heteroatoms. The van der Waals surface area contributed by atoms with Gasteiger partial charge in [0.15, 0.2) is 0 Å². The number of fused-ring (bicyclic) bond motifs is 1. The molecule has 5 nitrogen and oxygen atoms in total. The number of thiophene rings is 1. The maximum Gasteiger partial charge on any atom is 0.254 e. The topological polar surface area (TPSA) is 46.5 Å². The number of pyridine rings is 1. The molecule has 1 fully saturated rings. The van der Waals surface area contributed by atoms with Crippen LogP contribution >= 0.6 is 35.2 Å². The van der Waals surface area contributed by atoms with Gasteiger partial charge in [-0.2, -0.15) is 0 Å². The van der Waals surface area contributed by atoms with E-state index >= 15 is 0 Å². The van der Waals surface area contributed by atoms with Crippen LogP contribution < -0.4 is 5.32 Å². The SMILES string of the molecule is Cn1cc(C(=O)NCc2ccc(Cl)cc2)c(=S)c2cc(CN3CCOCC3)sc21. The molecule has 4 rings (SSSR count). The van der Waals surface area contributed by atoms with E-state index in [0.717, 1.165) is 48.6 Å². The van der Waals surface area contributed by atoms with Crippen LogP contribution in [0.15, 0.2) is 36.5 Å². The van der Waals surface area contributed by atoms with Crippen molar-refractivity contribution in [3.05, 3.63) is 62.1 Å². The number of carbonyl (C=O) groups excluding carboxylic acids is 1. The van der Waals surface area contributed by atoms with Crippen molar-refractivity contribution in [2.75, 3.05) is 26.3 Å². The lowest BCUT2D eigenvalue weighted by atomic mass is 10.2. The van der Waals surface area contributed by atoms with E-state index in [1.807, 2.05) is 42.1 Å². The second-order valence-corrected chi connectivity index (χ2v) is 9.07. The van der Waals surface area contributed by atoms with Crippen molar-refractivity contribution in [1.29, 1.82) is 0 Å². The van der Waals surface area contributed by atoms with Crippen LogP contribution in [0.2, 0.25) is 5.02 Å². The van der Waals surface area contributed by atoms with Gasteiger partial charge in [-0.1, -0.05) is 36.0 Å². The average molecular weight is 448 g/mol. The number of nitrogens with one attached hydrogen (secondary N) is 1. The van der Waals surface area contributed by atoms with Crippen molar-refractivity contribution in [3.63, 3.8) is 0 Å². The molecule has 0 spiro atoms. The Labute approximate surface area is 183 Å². The molecule has 1 aromatic carbocycles. The molecule has 1 aliphatic rings. The van der Waals surface area contributed by atoms with Crippen LogP contribution in [0, 0.1) is 4.51 Å². The molecule has 0 radical (unpaired) electrons. The molecule has 152 valence electrons. The van der Waals surface area contributed by atoms with Gasteiger partial charge < -0.3 is 14.6 Å². The zero-order chi connectivity index (χ0) is 20.4. The maximum absolute atomic E-state index is 12.8. The molecule has 29 heavy (non-hydrogen) atoms. The smallest absolute Gasteiger partial charge is 0.254 e. The number of aromatic nitrogens is 1. The zero-order valence-electron chi connectivity index (χ0n) is 16.1. The Hall–Kier alpha value is -1.77. The average Bonchev–Trinajstić information content (AvgIpc) is 3.15. The van der Waals surface area contributed by atoms with Gasteiger partial charge in [-0.05, 0) is 23.8 Å². The Bertz CT molecular complexity index is 1090. The van der Waals surface area contributed by atoms with Gasteiger partial charge in [-0.15, -0.1) is 11.3 Å². The van der Waals surface area contributed by atoms with Crippen molar-refractivity contribution >= 4 is 51.3 Å². The lowest BCUT2D eigenvalue weighted by Crippen LogP contribution is -2.35. The molecule has 1 N–H and O–H groups in total. The number of benzene rings is 1. The van der Waals surface area contributed by atoms with Gasteiger partial charge in [-0.3, -0.25) is 9.69 Å². The third kappa shape index (κ3) is 4.70. The van der Waals surface area contributed by atoms with Crippen LogP contribution in [0.25, 0.3) is 10.2 Å². The molecule has 0 saturated carbocycles. The van der Waals surface area contributed by atoms with Crippen LogP contribution in [-0.2, 0) is 24.9 Å². The van der Waals surface area contributed by atoms with E-state index in [2.05, 4.69) is 16.3 Å². The molecule has 0 atom stereocenters. The first-order valence-electron chi connectivity index (χ1n) is 9.46. The third-order valence-corrected chi connectivity index (χ3v) is 6.89. The first kappa shape index (κ1) is 20.5. The number of ether oxygens (including phenoxy) is 1. The Morgan fingerprint density at radius 1 is 1.28 bits per heavy atom. The van der Waals surface area contributed by atoms with Gasteiger partial charge in [0.1, 0.15) is 4.83 Å². The van der Waals surface area contributed by atoms with Crippen molar-refractivity contribution in [1.82, 2.24) is 14.8 Å². The lowest BCUT2D eigenvalue weighted by Gasteiger charge is -2.25. The highest BCUT2D eigenvalue weighted by atomic mass is 35.5. The molecule has 0 bridgehead atoms. The number of carbonyl (C=O) groups is 1. The molecule has 1 amide bonds. The highest BCUT2D eigenvalue weighted by Gasteiger charge is 2.17. The predicted molar refractivity (Wildman–Crippen MR) is 120 cm³/mol. The molecule has 1 saturated heterocycles. The van der Waals surface area contributed by atoms with E-state index in [1.165, 1.54) is 4.88 Å². The van der Waals surface area contributed by atoms with Gasteiger partial charge in [0.05, 0.1) is 23.3 Å². The fourth-order valence-corrected chi connectivity index (χ4v) is 5.04. The van der Waals surface area contributed by atoms with E-state index in [4.69, 9.17) is 28.6 Å². The predicted octanol–water partition coefficient (Wildman–Crippen LogP) is 4.38. The van der Waals surface area contributed by atoms with E-state index in [-0.39, 0.29) is 5.91 Å². The summed E-state index contributed by atoms with van der Waals surface area (Å²) in [5.74, 6) is -0.164. The van der Waals surface area contributed by atoms with Gasteiger partial charge in [0.2, 0.25) is 0 Å². The molecule has 0 aliphatic carbocycles. The summed E-state index contributed by atoms with van der Waals surface area (Å²) in [5.41, 5.74) is 1.52. The van der Waals surface area contributed by atoms with Crippen LogP contribution in [0.3, 0.4) is 0 Å². The number of aryl methyl sites for hydroxylation is 1. The summed E-state index contributed by atoms with van der Waals surface area (Å²) >= 11 is 13.3. The molecular formula is C21H22ClN3O2S2. The number of nitrogens with zero attached hydrogens (tertiary/aromatic N) is 2. The number of hydrogen-bond acceptors (Lipinski definition) is 5. The highest BCUT2D eigenvalue weighted by molar-refractivity contribution is 7.71. The van der Waals surface area contributed by atoms with Gasteiger partial charge >= 0.3 is 0 Å². The van der Waals surface area contributed by atoms with Crippen LogP contribution in [0.4, 0.5) is 0 Å². The summed E-state index contributed by atoms with van der Waals surface area (Å²) in [4.78, 5) is 17.5. The quantitative estimate of drug-likeness (QED) is 0.589. The normalized spacial score (nSPS) is 15.0. The number of morpholine rings is 1. The lowest BCUT2D eigenvalue weighted by molar-refractivity contribution is 0.0346. The van der Waals surface area contributed by atoms with E-state index < -0.39 is 0 Å². The summed E-state index contributed by atoms with van der Waals surface area (Å²) in [6.45, 7) is 4.76. The Morgan fingerprint density at radius 2 is 2.00 bits per heavy atom. The Morgan fingerprint density at radius 3 is 2.72 bits per heavy atom. The second kappa shape index (κ2) is 8.93. The van der Waals surface area contributed by atoms with E-state index in [0.29, 0.717) is 21.6 Å². The van der Waals surface area contributed by atoms with E-state index in [9.17, 15) is 4.79 Å². The van der Waals surface area contributed by atoms with Crippen molar-refractivity contribution in [3.8, 4) is 0 Å². The highest BCUT2D eigenvalue weighted by Crippen LogP contribution is 2.29. The number of halogens is 1. The standard InChI is InChI=1S/C21H22ClN3O2S2/c1-24-13-18(20(26)23-11-14-2-4-15(22)5-3-14)19(28)17-10-16(29-21(17)24)12-25-6-8-27-9-7-25/h2-5,10,13H,6-9,11-12H2,1H3,(H,23,26). The first-order valence-corrected chi connectivity index (χ1v) is 11.1. The molecule has 1 aliphatic heterocycles.